The van der Waals surface area contributed by atoms with Gasteiger partial charge in [-0.1, -0.05) is 38.2 Å². The smallest absolute Gasteiger partial charge is 0.0194 e. The van der Waals surface area contributed by atoms with E-state index in [1.54, 1.807) is 0 Å². The van der Waals surface area contributed by atoms with Gasteiger partial charge in [-0.3, -0.25) is 0 Å². The lowest BCUT2D eigenvalue weighted by molar-refractivity contribution is 0.210. The second kappa shape index (κ2) is 4.06. The molecule has 0 amide bonds. The summed E-state index contributed by atoms with van der Waals surface area (Å²) in [7, 11) is 0. The minimum absolute atomic E-state index is 0.0913. The molecule has 1 unspecified atom stereocenters. The van der Waals surface area contributed by atoms with Gasteiger partial charge in [-0.25, -0.2) is 0 Å². The van der Waals surface area contributed by atoms with Crippen LogP contribution >= 0.6 is 0 Å². The van der Waals surface area contributed by atoms with Crippen LogP contribution in [0.2, 0.25) is 0 Å². The molecule has 0 heterocycles. The average Bonchev–Trinajstić information content (AvgIpc) is 2.82. The first-order valence-corrected chi connectivity index (χ1v) is 6.12. The number of nitrogens with two attached hydrogens (primary N) is 1. The first-order chi connectivity index (χ1) is 6.72. The molecule has 0 radical (unpaired) electrons. The Morgan fingerprint density at radius 1 is 1.14 bits per heavy atom. The Kier molecular flexibility index (Phi) is 2.96. The molecule has 2 N–H and O–H groups in total. The molecule has 1 atom stereocenters. The van der Waals surface area contributed by atoms with E-state index in [1.165, 1.54) is 44.9 Å². The summed E-state index contributed by atoms with van der Waals surface area (Å²) in [5, 5.41) is 0. The third-order valence-corrected chi connectivity index (χ3v) is 3.86. The fourth-order valence-electron chi connectivity index (χ4n) is 2.71. The van der Waals surface area contributed by atoms with Crippen molar-refractivity contribution in [3.63, 3.8) is 0 Å². The largest absolute Gasteiger partial charge is 0.325 e. The van der Waals surface area contributed by atoms with Crippen molar-refractivity contribution in [2.75, 3.05) is 0 Å². The second-order valence-electron chi connectivity index (χ2n) is 5.50. The lowest BCUT2D eigenvalue weighted by atomic mass is 9.73. The molecule has 0 aromatic heterocycles. The van der Waals surface area contributed by atoms with Crippen LogP contribution in [0.3, 0.4) is 0 Å². The maximum atomic E-state index is 6.49. The van der Waals surface area contributed by atoms with Gasteiger partial charge in [0.2, 0.25) is 0 Å². The Labute approximate surface area is 87.8 Å². The lowest BCUT2D eigenvalue weighted by Gasteiger charge is -2.36. The zero-order chi connectivity index (χ0) is 10.0. The molecule has 0 aromatic rings. The van der Waals surface area contributed by atoms with Gasteiger partial charge < -0.3 is 5.73 Å². The highest BCUT2D eigenvalue weighted by molar-refractivity contribution is 4.97. The van der Waals surface area contributed by atoms with E-state index in [4.69, 9.17) is 5.73 Å². The van der Waals surface area contributed by atoms with E-state index in [2.05, 4.69) is 6.58 Å². The highest BCUT2D eigenvalue weighted by atomic mass is 14.7. The zero-order valence-corrected chi connectivity index (χ0v) is 9.17. The normalized spacial score (nSPS) is 26.6. The van der Waals surface area contributed by atoms with E-state index in [-0.39, 0.29) is 5.54 Å². The second-order valence-corrected chi connectivity index (χ2v) is 5.50. The zero-order valence-electron chi connectivity index (χ0n) is 9.17. The van der Waals surface area contributed by atoms with Crippen molar-refractivity contribution in [1.82, 2.24) is 0 Å². The van der Waals surface area contributed by atoms with Crippen molar-refractivity contribution < 1.29 is 0 Å². The Hall–Kier alpha value is -0.300. The lowest BCUT2D eigenvalue weighted by Crippen LogP contribution is -2.42. The molecule has 0 aliphatic heterocycles. The van der Waals surface area contributed by atoms with Crippen LogP contribution < -0.4 is 5.73 Å². The van der Waals surface area contributed by atoms with E-state index in [1.807, 2.05) is 6.08 Å². The molecular formula is C13H23N. The van der Waals surface area contributed by atoms with Crippen molar-refractivity contribution in [3.8, 4) is 0 Å². The molecule has 2 rings (SSSR count). The van der Waals surface area contributed by atoms with Crippen LogP contribution in [-0.2, 0) is 0 Å². The summed E-state index contributed by atoms with van der Waals surface area (Å²) in [4.78, 5) is 0. The summed E-state index contributed by atoms with van der Waals surface area (Å²) >= 11 is 0. The highest BCUT2D eigenvalue weighted by Crippen LogP contribution is 2.42. The van der Waals surface area contributed by atoms with Gasteiger partial charge in [0, 0.05) is 5.54 Å². The molecule has 14 heavy (non-hydrogen) atoms. The predicted octanol–water partition coefficient (Wildman–Crippen LogP) is 3.25. The molecule has 0 spiro atoms. The highest BCUT2D eigenvalue weighted by Gasteiger charge is 2.35. The first kappa shape index (κ1) is 10.2. The van der Waals surface area contributed by atoms with Crippen molar-refractivity contribution in [2.24, 2.45) is 17.6 Å². The number of hydrogen-bond donors (Lipinski definition) is 1. The van der Waals surface area contributed by atoms with Crippen molar-refractivity contribution >= 4 is 0 Å². The van der Waals surface area contributed by atoms with Crippen LogP contribution in [0.1, 0.15) is 51.4 Å². The number of rotatable bonds is 6. The van der Waals surface area contributed by atoms with Gasteiger partial charge >= 0.3 is 0 Å². The molecule has 80 valence electrons. The molecule has 0 bridgehead atoms. The van der Waals surface area contributed by atoms with Gasteiger partial charge in [-0.2, -0.15) is 0 Å². The molecule has 0 aromatic carbocycles. The molecule has 2 saturated carbocycles. The Morgan fingerprint density at radius 2 is 1.71 bits per heavy atom. The Balaban J connectivity index is 1.84. The van der Waals surface area contributed by atoms with Crippen LogP contribution in [0.5, 0.6) is 0 Å². The van der Waals surface area contributed by atoms with Crippen molar-refractivity contribution in [2.45, 2.75) is 56.9 Å². The minimum atomic E-state index is 0.0913. The molecule has 2 fully saturated rings. The SMILES string of the molecule is C=CCC(N)(CC1CCC1)CC1CC1. The van der Waals surface area contributed by atoms with Gasteiger partial charge in [0.1, 0.15) is 0 Å². The van der Waals surface area contributed by atoms with Gasteiger partial charge in [-0.15, -0.1) is 6.58 Å². The van der Waals surface area contributed by atoms with Gasteiger partial charge in [0.05, 0.1) is 0 Å². The molecular weight excluding hydrogens is 170 g/mol. The van der Waals surface area contributed by atoms with E-state index < -0.39 is 0 Å². The Bertz CT molecular complexity index is 203. The summed E-state index contributed by atoms with van der Waals surface area (Å²) in [5.41, 5.74) is 6.58. The van der Waals surface area contributed by atoms with Crippen molar-refractivity contribution in [3.05, 3.63) is 12.7 Å². The molecule has 2 aliphatic carbocycles. The van der Waals surface area contributed by atoms with Crippen LogP contribution in [0.4, 0.5) is 0 Å². The van der Waals surface area contributed by atoms with E-state index in [9.17, 15) is 0 Å². The standard InChI is InChI=1S/C13H23N/c1-2-8-13(14,10-12-6-7-12)9-11-4-3-5-11/h2,11-12H,1,3-10,14H2. The summed E-state index contributed by atoms with van der Waals surface area (Å²) < 4.78 is 0. The Morgan fingerprint density at radius 3 is 2.07 bits per heavy atom. The van der Waals surface area contributed by atoms with Crippen LogP contribution in [-0.4, -0.2) is 5.54 Å². The monoisotopic (exact) mass is 193 g/mol. The average molecular weight is 193 g/mol. The van der Waals surface area contributed by atoms with Crippen LogP contribution in [0.15, 0.2) is 12.7 Å². The summed E-state index contributed by atoms with van der Waals surface area (Å²) in [6, 6.07) is 0. The quantitative estimate of drug-likeness (QED) is 0.644. The molecule has 0 saturated heterocycles. The van der Waals surface area contributed by atoms with Gasteiger partial charge in [0.25, 0.3) is 0 Å². The first-order valence-electron chi connectivity index (χ1n) is 6.12. The summed E-state index contributed by atoms with van der Waals surface area (Å²) in [5.74, 6) is 1.87. The fourth-order valence-corrected chi connectivity index (χ4v) is 2.71. The third kappa shape index (κ3) is 2.60. The van der Waals surface area contributed by atoms with Crippen LogP contribution in [0, 0.1) is 11.8 Å². The molecule has 1 nitrogen and oxygen atoms in total. The van der Waals surface area contributed by atoms with Gasteiger partial charge in [0.15, 0.2) is 0 Å². The third-order valence-electron chi connectivity index (χ3n) is 3.86. The minimum Gasteiger partial charge on any atom is -0.325 e. The van der Waals surface area contributed by atoms with Gasteiger partial charge in [-0.05, 0) is 31.1 Å². The van der Waals surface area contributed by atoms with E-state index in [0.29, 0.717) is 0 Å². The fraction of sp³-hybridized carbons (Fsp3) is 0.846. The maximum absolute atomic E-state index is 6.49. The van der Waals surface area contributed by atoms with Crippen molar-refractivity contribution in [1.29, 1.82) is 0 Å². The topological polar surface area (TPSA) is 26.0 Å². The van der Waals surface area contributed by atoms with Crippen LogP contribution in [0.25, 0.3) is 0 Å². The summed E-state index contributed by atoms with van der Waals surface area (Å²) in [6.07, 6.45) is 12.6. The molecule has 1 heteroatoms. The van der Waals surface area contributed by atoms with E-state index >= 15 is 0 Å². The number of hydrogen-bond acceptors (Lipinski definition) is 1. The molecule has 2 aliphatic rings. The predicted molar refractivity (Wildman–Crippen MR) is 61.0 cm³/mol. The summed E-state index contributed by atoms with van der Waals surface area (Å²) in [6.45, 7) is 3.84. The van der Waals surface area contributed by atoms with E-state index in [0.717, 1.165) is 18.3 Å². The maximum Gasteiger partial charge on any atom is 0.0194 e.